The molecule has 0 aliphatic heterocycles. The van der Waals surface area contributed by atoms with Crippen LogP contribution in [0.4, 0.5) is 11.4 Å². The second-order valence-electron chi connectivity index (χ2n) is 3.42. The summed E-state index contributed by atoms with van der Waals surface area (Å²) >= 11 is 1.10. The number of rotatable bonds is 3. The molecule has 0 saturated carbocycles. The predicted octanol–water partition coefficient (Wildman–Crippen LogP) is 1.79. The van der Waals surface area contributed by atoms with E-state index in [1.165, 1.54) is 6.20 Å². The molecular formula is C11H12N4OS. The number of carbonyl (C=O) groups excluding carboxylic acids is 1. The molecule has 2 aromatic rings. The third kappa shape index (κ3) is 2.42. The quantitative estimate of drug-likeness (QED) is 0.840. The Morgan fingerprint density at radius 3 is 2.65 bits per heavy atom. The fraction of sp³-hybridized carbons (Fsp3) is 0.182. The van der Waals surface area contributed by atoms with Gasteiger partial charge in [-0.05, 0) is 42.7 Å². The van der Waals surface area contributed by atoms with Crippen LogP contribution in [0.5, 0.6) is 0 Å². The van der Waals surface area contributed by atoms with E-state index in [9.17, 15) is 4.79 Å². The van der Waals surface area contributed by atoms with E-state index in [-0.39, 0.29) is 5.91 Å². The highest BCUT2D eigenvalue weighted by molar-refractivity contribution is 7.07. The lowest BCUT2D eigenvalue weighted by Gasteiger charge is -2.19. The van der Waals surface area contributed by atoms with Gasteiger partial charge < -0.3 is 10.6 Å². The average molecular weight is 248 g/mol. The smallest absolute Gasteiger partial charge is 0.271 e. The van der Waals surface area contributed by atoms with E-state index < -0.39 is 0 Å². The number of aromatic nitrogens is 2. The lowest BCUT2D eigenvalue weighted by molar-refractivity contribution is 0.0992. The zero-order chi connectivity index (χ0) is 12.3. The first-order chi connectivity index (χ1) is 8.22. The zero-order valence-corrected chi connectivity index (χ0v) is 10.1. The van der Waals surface area contributed by atoms with E-state index in [1.807, 2.05) is 19.1 Å². The molecule has 0 fully saturated rings. The van der Waals surface area contributed by atoms with Crippen LogP contribution in [0.2, 0.25) is 0 Å². The predicted molar refractivity (Wildman–Crippen MR) is 68.1 cm³/mol. The van der Waals surface area contributed by atoms with Crippen molar-refractivity contribution in [3.63, 3.8) is 0 Å². The molecule has 6 heteroatoms. The Morgan fingerprint density at radius 2 is 2.12 bits per heavy atom. The van der Waals surface area contributed by atoms with Crippen LogP contribution < -0.4 is 10.6 Å². The van der Waals surface area contributed by atoms with Crippen LogP contribution in [0.15, 0.2) is 30.5 Å². The van der Waals surface area contributed by atoms with Crippen LogP contribution in [-0.2, 0) is 0 Å². The van der Waals surface area contributed by atoms with Gasteiger partial charge in [0.15, 0.2) is 0 Å². The van der Waals surface area contributed by atoms with Gasteiger partial charge >= 0.3 is 0 Å². The van der Waals surface area contributed by atoms with Crippen LogP contribution in [0.3, 0.4) is 0 Å². The first-order valence-corrected chi connectivity index (χ1v) is 5.94. The second-order valence-corrected chi connectivity index (χ2v) is 4.21. The summed E-state index contributed by atoms with van der Waals surface area (Å²) in [6, 6.07) is 7.20. The number of carbonyl (C=O) groups is 1. The lowest BCUT2D eigenvalue weighted by Crippen LogP contribution is -2.29. The molecule has 2 N–H and O–H groups in total. The third-order valence-corrected chi connectivity index (χ3v) is 2.99. The van der Waals surface area contributed by atoms with E-state index in [0.29, 0.717) is 17.1 Å². The van der Waals surface area contributed by atoms with E-state index in [2.05, 4.69) is 9.59 Å². The molecule has 0 spiro atoms. The molecule has 17 heavy (non-hydrogen) atoms. The molecule has 1 aromatic carbocycles. The minimum atomic E-state index is -0.0905. The molecule has 2 rings (SSSR count). The van der Waals surface area contributed by atoms with Crippen molar-refractivity contribution in [2.75, 3.05) is 17.2 Å². The van der Waals surface area contributed by atoms with Crippen molar-refractivity contribution in [3.05, 3.63) is 35.3 Å². The molecule has 0 aliphatic rings. The summed E-state index contributed by atoms with van der Waals surface area (Å²) in [5, 5.41) is 3.67. The van der Waals surface area contributed by atoms with Gasteiger partial charge in [-0.2, -0.15) is 0 Å². The van der Waals surface area contributed by atoms with Gasteiger partial charge in [-0.25, -0.2) is 0 Å². The fourth-order valence-electron chi connectivity index (χ4n) is 1.49. The second kappa shape index (κ2) is 4.92. The Morgan fingerprint density at radius 1 is 1.41 bits per heavy atom. The van der Waals surface area contributed by atoms with E-state index in [0.717, 1.165) is 17.2 Å². The van der Waals surface area contributed by atoms with E-state index in [1.54, 1.807) is 17.0 Å². The molecule has 0 bridgehead atoms. The van der Waals surface area contributed by atoms with Crippen molar-refractivity contribution in [1.29, 1.82) is 0 Å². The number of hydrogen-bond donors (Lipinski definition) is 1. The molecule has 1 aromatic heterocycles. The molecule has 0 unspecified atom stereocenters. The van der Waals surface area contributed by atoms with Crippen molar-refractivity contribution < 1.29 is 4.79 Å². The van der Waals surface area contributed by atoms with Gasteiger partial charge in [0.05, 0.1) is 6.20 Å². The number of amides is 1. The highest BCUT2D eigenvalue weighted by Crippen LogP contribution is 2.19. The van der Waals surface area contributed by atoms with Crippen LogP contribution in [0.25, 0.3) is 0 Å². The standard InChI is InChI=1S/C11H12N4OS/c1-2-15(9-5-3-8(12)4-6-9)11(16)10-7-13-14-17-10/h3-7H,2,12H2,1H3. The monoisotopic (exact) mass is 248 g/mol. The SMILES string of the molecule is CCN(C(=O)c1cnns1)c1ccc(N)cc1. The third-order valence-electron chi connectivity index (χ3n) is 2.34. The summed E-state index contributed by atoms with van der Waals surface area (Å²) < 4.78 is 3.69. The number of hydrogen-bond acceptors (Lipinski definition) is 5. The van der Waals surface area contributed by atoms with Crippen LogP contribution in [0, 0.1) is 0 Å². The maximum absolute atomic E-state index is 12.1. The van der Waals surface area contributed by atoms with Gasteiger partial charge in [0.1, 0.15) is 4.88 Å². The number of benzene rings is 1. The number of nitrogens with two attached hydrogens (primary N) is 1. The largest absolute Gasteiger partial charge is 0.399 e. The summed E-state index contributed by atoms with van der Waals surface area (Å²) in [5.41, 5.74) is 7.11. The summed E-state index contributed by atoms with van der Waals surface area (Å²) in [6.45, 7) is 2.50. The fourth-order valence-corrected chi connectivity index (χ4v) is 1.96. The first-order valence-electron chi connectivity index (χ1n) is 5.17. The maximum atomic E-state index is 12.1. The van der Waals surface area contributed by atoms with Crippen molar-refractivity contribution in [2.45, 2.75) is 6.92 Å². The Labute approximate surface area is 103 Å². The number of nitrogen functional groups attached to an aromatic ring is 1. The summed E-state index contributed by atoms with van der Waals surface area (Å²) in [7, 11) is 0. The summed E-state index contributed by atoms with van der Waals surface area (Å²) in [4.78, 5) is 14.3. The van der Waals surface area contributed by atoms with Crippen molar-refractivity contribution in [1.82, 2.24) is 9.59 Å². The molecule has 88 valence electrons. The van der Waals surface area contributed by atoms with E-state index in [4.69, 9.17) is 5.73 Å². The molecule has 0 atom stereocenters. The Bertz CT molecular complexity index is 495. The van der Waals surface area contributed by atoms with Gasteiger partial charge in [-0.15, -0.1) is 5.10 Å². The minimum absolute atomic E-state index is 0.0905. The molecule has 0 saturated heterocycles. The molecule has 1 heterocycles. The van der Waals surface area contributed by atoms with Gasteiger partial charge in [0.2, 0.25) is 0 Å². The van der Waals surface area contributed by atoms with Gasteiger partial charge in [-0.3, -0.25) is 4.79 Å². The highest BCUT2D eigenvalue weighted by atomic mass is 32.1. The maximum Gasteiger partial charge on any atom is 0.271 e. The average Bonchev–Trinajstić information content (AvgIpc) is 2.86. The highest BCUT2D eigenvalue weighted by Gasteiger charge is 2.17. The topological polar surface area (TPSA) is 72.1 Å². The van der Waals surface area contributed by atoms with Gasteiger partial charge in [0, 0.05) is 17.9 Å². The van der Waals surface area contributed by atoms with Crippen LogP contribution >= 0.6 is 11.5 Å². The molecule has 0 radical (unpaired) electrons. The van der Waals surface area contributed by atoms with Crippen LogP contribution in [0.1, 0.15) is 16.6 Å². The lowest BCUT2D eigenvalue weighted by atomic mass is 10.2. The Kier molecular flexibility index (Phi) is 3.34. The molecule has 1 amide bonds. The van der Waals surface area contributed by atoms with Crippen molar-refractivity contribution in [2.24, 2.45) is 0 Å². The minimum Gasteiger partial charge on any atom is -0.399 e. The zero-order valence-electron chi connectivity index (χ0n) is 9.33. The summed E-state index contributed by atoms with van der Waals surface area (Å²) in [6.07, 6.45) is 1.48. The van der Waals surface area contributed by atoms with Crippen molar-refractivity contribution in [3.8, 4) is 0 Å². The molecule has 0 aliphatic carbocycles. The Hall–Kier alpha value is -1.95. The van der Waals surface area contributed by atoms with E-state index >= 15 is 0 Å². The van der Waals surface area contributed by atoms with Gasteiger partial charge in [0.25, 0.3) is 5.91 Å². The first kappa shape index (κ1) is 11.5. The normalized spacial score (nSPS) is 10.2. The Balaban J connectivity index is 2.28. The summed E-state index contributed by atoms with van der Waals surface area (Å²) in [5.74, 6) is -0.0905. The molecular weight excluding hydrogens is 236 g/mol. The van der Waals surface area contributed by atoms with Crippen LogP contribution in [-0.4, -0.2) is 22.0 Å². The number of anilines is 2. The van der Waals surface area contributed by atoms with Gasteiger partial charge in [-0.1, -0.05) is 4.49 Å². The number of nitrogens with zero attached hydrogens (tertiary/aromatic N) is 3. The molecule has 5 nitrogen and oxygen atoms in total. The van der Waals surface area contributed by atoms with Crippen molar-refractivity contribution >= 4 is 28.8 Å².